The number of urea groups is 1. The molecule has 0 saturated carbocycles. The first-order chi connectivity index (χ1) is 14.7. The summed E-state index contributed by atoms with van der Waals surface area (Å²) >= 11 is 1.93. The van der Waals surface area contributed by atoms with Gasteiger partial charge >= 0.3 is 6.03 Å². The lowest BCUT2D eigenvalue weighted by Crippen LogP contribution is -2.42. The van der Waals surface area contributed by atoms with E-state index < -0.39 is 0 Å². The summed E-state index contributed by atoms with van der Waals surface area (Å²) < 4.78 is 5.30. The molecule has 5 heteroatoms. The van der Waals surface area contributed by atoms with Gasteiger partial charge in [-0.25, -0.2) is 4.79 Å². The van der Waals surface area contributed by atoms with Crippen molar-refractivity contribution in [2.24, 2.45) is 0 Å². The van der Waals surface area contributed by atoms with Gasteiger partial charge in [-0.2, -0.15) is 0 Å². The van der Waals surface area contributed by atoms with Crippen LogP contribution in [0.1, 0.15) is 45.3 Å². The van der Waals surface area contributed by atoms with Crippen molar-refractivity contribution in [3.05, 3.63) is 81.0 Å². The number of hydrogen-bond donors (Lipinski definition) is 1. The van der Waals surface area contributed by atoms with Crippen LogP contribution in [0.3, 0.4) is 0 Å². The van der Waals surface area contributed by atoms with Gasteiger partial charge in [0, 0.05) is 28.1 Å². The highest BCUT2D eigenvalue weighted by molar-refractivity contribution is 7.12. The summed E-state index contributed by atoms with van der Waals surface area (Å²) in [5.74, 6) is 0.735. The summed E-state index contributed by atoms with van der Waals surface area (Å²) in [5, 5.41) is 3.09. The molecule has 1 N–H and O–H groups in total. The van der Waals surface area contributed by atoms with Gasteiger partial charge in [-0.3, -0.25) is 0 Å². The fraction of sp³-hybridized carbons (Fsp3) is 0.320. The Morgan fingerprint density at radius 1 is 1.03 bits per heavy atom. The molecule has 2 heterocycles. The normalized spacial score (nSPS) is 17.8. The monoisotopic (exact) mass is 418 g/mol. The molecule has 0 fully saturated rings. The number of nitrogens with zero attached hydrogens (tertiary/aromatic N) is 1. The van der Waals surface area contributed by atoms with Gasteiger partial charge in [-0.15, -0.1) is 11.3 Å². The summed E-state index contributed by atoms with van der Waals surface area (Å²) in [6, 6.07) is 17.9. The van der Waals surface area contributed by atoms with Crippen molar-refractivity contribution in [1.82, 2.24) is 4.90 Å². The Morgan fingerprint density at radius 2 is 1.87 bits per heavy atom. The van der Waals surface area contributed by atoms with Crippen LogP contribution in [-0.2, 0) is 19.3 Å². The van der Waals surface area contributed by atoms with Crippen LogP contribution in [0.25, 0.3) is 0 Å². The number of methoxy groups -OCH3 is 1. The lowest BCUT2D eigenvalue weighted by molar-refractivity contribution is 0.195. The van der Waals surface area contributed by atoms with Crippen LogP contribution >= 0.6 is 11.3 Å². The maximum Gasteiger partial charge on any atom is 0.322 e. The molecule has 1 aromatic heterocycles. The van der Waals surface area contributed by atoms with E-state index in [9.17, 15) is 4.79 Å². The molecule has 1 aliphatic heterocycles. The number of fused-ring (bicyclic) bond motifs is 3. The van der Waals surface area contributed by atoms with Crippen molar-refractivity contribution in [2.75, 3.05) is 19.0 Å². The van der Waals surface area contributed by atoms with Crippen LogP contribution in [-0.4, -0.2) is 24.6 Å². The van der Waals surface area contributed by atoms with Crippen molar-refractivity contribution in [1.29, 1.82) is 0 Å². The van der Waals surface area contributed by atoms with Crippen LogP contribution in [0.4, 0.5) is 10.5 Å². The molecule has 2 aliphatic rings. The topological polar surface area (TPSA) is 41.6 Å². The molecule has 0 unspecified atom stereocenters. The molecular weight excluding hydrogens is 392 g/mol. The zero-order valence-electron chi connectivity index (χ0n) is 17.2. The molecule has 0 bridgehead atoms. The minimum atomic E-state index is -0.0610. The maximum absolute atomic E-state index is 13.4. The van der Waals surface area contributed by atoms with Gasteiger partial charge in [0.25, 0.3) is 0 Å². The molecule has 0 saturated heterocycles. The summed E-state index contributed by atoms with van der Waals surface area (Å²) in [6.45, 7) is 0.728. The standard InChI is InChI=1S/C25H26N2O2S/c1-29-19-11-7-10-18(16-19)26-25(28)27-15-14-21-20-12-5-6-13-22(20)30-24(21)23(27)17-8-3-2-4-9-17/h2-4,7-11,16,23H,5-6,12-15H2,1H3,(H,26,28)/t23-/m1/s1. The molecule has 30 heavy (non-hydrogen) atoms. The fourth-order valence-corrected chi connectivity index (χ4v) is 6.32. The number of amides is 2. The van der Waals surface area contributed by atoms with E-state index in [0.717, 1.165) is 24.4 Å². The first-order valence-corrected chi connectivity index (χ1v) is 11.5. The third kappa shape index (κ3) is 3.47. The Balaban J connectivity index is 1.51. The average molecular weight is 419 g/mol. The quantitative estimate of drug-likeness (QED) is 0.583. The summed E-state index contributed by atoms with van der Waals surface area (Å²) in [6.07, 6.45) is 5.88. The van der Waals surface area contributed by atoms with E-state index in [1.54, 1.807) is 17.6 Å². The predicted molar refractivity (Wildman–Crippen MR) is 122 cm³/mol. The van der Waals surface area contributed by atoms with Gasteiger partial charge in [0.1, 0.15) is 5.75 Å². The van der Waals surface area contributed by atoms with Gasteiger partial charge in [-0.1, -0.05) is 36.4 Å². The van der Waals surface area contributed by atoms with Crippen molar-refractivity contribution in [2.45, 2.75) is 38.1 Å². The Kier molecular flexibility index (Phi) is 5.21. The lowest BCUT2D eigenvalue weighted by Gasteiger charge is -2.36. The maximum atomic E-state index is 13.4. The molecule has 0 radical (unpaired) electrons. The number of rotatable bonds is 3. The first kappa shape index (κ1) is 19.2. The van der Waals surface area contributed by atoms with Crippen LogP contribution < -0.4 is 10.1 Å². The molecular formula is C25H26N2O2S. The summed E-state index contributed by atoms with van der Waals surface area (Å²) in [7, 11) is 1.64. The van der Waals surface area contributed by atoms with Crippen molar-refractivity contribution >= 4 is 23.1 Å². The Morgan fingerprint density at radius 3 is 2.70 bits per heavy atom. The Bertz CT molecular complexity index is 1060. The molecule has 5 rings (SSSR count). The number of thiophene rings is 1. The minimum Gasteiger partial charge on any atom is -0.497 e. The smallest absolute Gasteiger partial charge is 0.322 e. The fourth-order valence-electron chi connectivity index (χ4n) is 4.73. The SMILES string of the molecule is COc1cccc(NC(=O)N2CCc3c(sc4c3CCCC4)[C@H]2c2ccccc2)c1. The number of ether oxygens (including phenoxy) is 1. The molecule has 2 amide bonds. The first-order valence-electron chi connectivity index (χ1n) is 10.6. The van der Waals surface area contributed by atoms with Crippen molar-refractivity contribution in [3.8, 4) is 5.75 Å². The van der Waals surface area contributed by atoms with E-state index in [4.69, 9.17) is 4.74 Å². The molecule has 4 nitrogen and oxygen atoms in total. The molecule has 154 valence electrons. The van der Waals surface area contributed by atoms with E-state index in [0.29, 0.717) is 0 Å². The van der Waals surface area contributed by atoms with Crippen LogP contribution in [0.2, 0.25) is 0 Å². The van der Waals surface area contributed by atoms with Crippen molar-refractivity contribution in [3.63, 3.8) is 0 Å². The zero-order valence-corrected chi connectivity index (χ0v) is 18.0. The molecule has 0 spiro atoms. The Labute approximate surface area is 181 Å². The van der Waals surface area contributed by atoms with Crippen LogP contribution in [0, 0.1) is 0 Å². The van der Waals surface area contributed by atoms with E-state index in [1.807, 2.05) is 46.6 Å². The predicted octanol–water partition coefficient (Wildman–Crippen LogP) is 5.82. The number of hydrogen-bond acceptors (Lipinski definition) is 3. The second-order valence-corrected chi connectivity index (χ2v) is 9.11. The number of nitrogens with one attached hydrogen (secondary N) is 1. The number of carbonyl (C=O) groups excluding carboxylic acids is 1. The van der Waals surface area contributed by atoms with Gasteiger partial charge in [-0.05, 0) is 60.9 Å². The molecule has 3 aromatic rings. The van der Waals surface area contributed by atoms with Gasteiger partial charge in [0.05, 0.1) is 13.2 Å². The highest BCUT2D eigenvalue weighted by Crippen LogP contribution is 2.45. The van der Waals surface area contributed by atoms with Gasteiger partial charge in [0.15, 0.2) is 0 Å². The van der Waals surface area contributed by atoms with Crippen LogP contribution in [0.15, 0.2) is 54.6 Å². The number of benzene rings is 2. The molecule has 1 aliphatic carbocycles. The van der Waals surface area contributed by atoms with Gasteiger partial charge in [0.2, 0.25) is 0 Å². The number of anilines is 1. The lowest BCUT2D eigenvalue weighted by atomic mass is 9.88. The minimum absolute atomic E-state index is 0.0313. The highest BCUT2D eigenvalue weighted by Gasteiger charge is 2.36. The molecule has 2 aromatic carbocycles. The highest BCUT2D eigenvalue weighted by atomic mass is 32.1. The third-order valence-corrected chi connectivity index (χ3v) is 7.56. The third-order valence-electron chi connectivity index (χ3n) is 6.17. The average Bonchev–Trinajstić information content (AvgIpc) is 3.18. The number of carbonyl (C=O) groups is 1. The van der Waals surface area contributed by atoms with E-state index in [2.05, 4.69) is 29.6 Å². The van der Waals surface area contributed by atoms with Crippen LogP contribution in [0.5, 0.6) is 5.75 Å². The van der Waals surface area contributed by atoms with Gasteiger partial charge < -0.3 is 15.0 Å². The van der Waals surface area contributed by atoms with Crippen molar-refractivity contribution < 1.29 is 9.53 Å². The second kappa shape index (κ2) is 8.15. The summed E-state index contributed by atoms with van der Waals surface area (Å²) in [4.78, 5) is 18.3. The zero-order chi connectivity index (χ0) is 20.5. The van der Waals surface area contributed by atoms with E-state index in [1.165, 1.54) is 41.7 Å². The Hall–Kier alpha value is -2.79. The summed E-state index contributed by atoms with van der Waals surface area (Å²) in [5.41, 5.74) is 5.02. The number of aryl methyl sites for hydroxylation is 1. The van der Waals surface area contributed by atoms with E-state index >= 15 is 0 Å². The second-order valence-electron chi connectivity index (χ2n) is 7.97. The molecule has 1 atom stereocenters. The van der Waals surface area contributed by atoms with E-state index in [-0.39, 0.29) is 12.1 Å². The largest absolute Gasteiger partial charge is 0.497 e.